The Kier molecular flexibility index (Phi) is 4.04. The molecule has 104 valence electrons. The average molecular weight is 309 g/mol. The lowest BCUT2D eigenvalue weighted by atomic mass is 10.0. The molecule has 0 saturated carbocycles. The summed E-state index contributed by atoms with van der Waals surface area (Å²) in [5.41, 5.74) is 2.11. The number of para-hydroxylation sites is 1. The van der Waals surface area contributed by atoms with E-state index in [1.54, 1.807) is 0 Å². The van der Waals surface area contributed by atoms with Crippen molar-refractivity contribution in [1.29, 1.82) is 0 Å². The number of ether oxygens (including phenoxy) is 2. The molecule has 1 aliphatic heterocycles. The van der Waals surface area contributed by atoms with E-state index in [1.165, 1.54) is 0 Å². The van der Waals surface area contributed by atoms with Gasteiger partial charge in [0, 0.05) is 10.6 Å². The van der Waals surface area contributed by atoms with Gasteiger partial charge in [-0.15, -0.1) is 11.6 Å². The van der Waals surface area contributed by atoms with Gasteiger partial charge in [0.2, 0.25) is 0 Å². The third-order valence-electron chi connectivity index (χ3n) is 3.26. The predicted octanol–water partition coefficient (Wildman–Crippen LogP) is 4.63. The Labute approximate surface area is 128 Å². The van der Waals surface area contributed by atoms with Gasteiger partial charge in [0.15, 0.2) is 11.5 Å². The number of hydrogen-bond donors (Lipinski definition) is 0. The number of fused-ring (bicyclic) bond motifs is 1. The Hall–Kier alpha value is -1.38. The van der Waals surface area contributed by atoms with Crippen molar-refractivity contribution >= 4 is 23.2 Å². The first-order valence-electron chi connectivity index (χ1n) is 6.51. The van der Waals surface area contributed by atoms with Crippen LogP contribution in [0.1, 0.15) is 16.5 Å². The summed E-state index contributed by atoms with van der Waals surface area (Å²) < 4.78 is 11.3. The third-order valence-corrected chi connectivity index (χ3v) is 3.90. The Morgan fingerprint density at radius 2 is 1.75 bits per heavy atom. The van der Waals surface area contributed by atoms with Crippen molar-refractivity contribution in [3.63, 3.8) is 0 Å². The number of halogens is 2. The van der Waals surface area contributed by atoms with E-state index in [9.17, 15) is 0 Å². The first-order valence-corrected chi connectivity index (χ1v) is 7.32. The highest BCUT2D eigenvalue weighted by molar-refractivity contribution is 6.30. The van der Waals surface area contributed by atoms with Gasteiger partial charge in [-0.2, -0.15) is 0 Å². The molecule has 0 N–H and O–H groups in total. The lowest BCUT2D eigenvalue weighted by Gasteiger charge is -2.22. The molecular weight excluding hydrogens is 295 g/mol. The van der Waals surface area contributed by atoms with E-state index < -0.39 is 0 Å². The Balaban J connectivity index is 1.83. The van der Waals surface area contributed by atoms with Crippen LogP contribution in [0.2, 0.25) is 5.02 Å². The van der Waals surface area contributed by atoms with Crippen molar-refractivity contribution in [2.24, 2.45) is 0 Å². The average Bonchev–Trinajstić information content (AvgIpc) is 2.49. The van der Waals surface area contributed by atoms with Gasteiger partial charge < -0.3 is 9.47 Å². The molecule has 1 unspecified atom stereocenters. The summed E-state index contributed by atoms with van der Waals surface area (Å²) in [7, 11) is 0. The fraction of sp³-hybridized carbons (Fsp3) is 0.250. The summed E-state index contributed by atoms with van der Waals surface area (Å²) in [5.74, 6) is 1.54. The standard InChI is InChI=1S/C16H14Cl2O2/c17-12-6-4-11(5-7-12)10-14(18)13-2-1-3-15-16(13)20-9-8-19-15/h1-7,14H,8-10H2. The first kappa shape index (κ1) is 13.6. The first-order chi connectivity index (χ1) is 9.74. The zero-order chi connectivity index (χ0) is 13.9. The molecule has 2 aromatic carbocycles. The highest BCUT2D eigenvalue weighted by Crippen LogP contribution is 2.40. The molecule has 0 fully saturated rings. The number of alkyl halides is 1. The molecule has 4 heteroatoms. The summed E-state index contributed by atoms with van der Waals surface area (Å²) in [6.07, 6.45) is 0.721. The van der Waals surface area contributed by atoms with Gasteiger partial charge in [-0.1, -0.05) is 35.9 Å². The molecule has 3 rings (SSSR count). The number of rotatable bonds is 3. The van der Waals surface area contributed by atoms with E-state index in [0.29, 0.717) is 13.2 Å². The topological polar surface area (TPSA) is 18.5 Å². The SMILES string of the molecule is Clc1ccc(CC(Cl)c2cccc3c2OCCO3)cc1. The largest absolute Gasteiger partial charge is 0.486 e. The van der Waals surface area contributed by atoms with E-state index >= 15 is 0 Å². The van der Waals surface area contributed by atoms with Gasteiger partial charge in [-0.05, 0) is 30.2 Å². The molecule has 1 aliphatic rings. The molecular formula is C16H14Cl2O2. The Morgan fingerprint density at radius 3 is 2.55 bits per heavy atom. The number of hydrogen-bond acceptors (Lipinski definition) is 2. The second-order valence-electron chi connectivity index (χ2n) is 4.67. The predicted molar refractivity (Wildman–Crippen MR) is 81.2 cm³/mol. The molecule has 1 atom stereocenters. The van der Waals surface area contributed by atoms with Gasteiger partial charge in [0.1, 0.15) is 13.2 Å². The van der Waals surface area contributed by atoms with E-state index in [1.807, 2.05) is 42.5 Å². The van der Waals surface area contributed by atoms with Crippen LogP contribution in [-0.2, 0) is 6.42 Å². The molecule has 0 spiro atoms. The van der Waals surface area contributed by atoms with Crippen molar-refractivity contribution in [1.82, 2.24) is 0 Å². The quantitative estimate of drug-likeness (QED) is 0.769. The molecule has 2 nitrogen and oxygen atoms in total. The maximum absolute atomic E-state index is 6.55. The Morgan fingerprint density at radius 1 is 1.00 bits per heavy atom. The maximum atomic E-state index is 6.55. The summed E-state index contributed by atoms with van der Waals surface area (Å²) in [6, 6.07) is 13.6. The zero-order valence-corrected chi connectivity index (χ0v) is 12.3. The fourth-order valence-electron chi connectivity index (χ4n) is 2.28. The van der Waals surface area contributed by atoms with Crippen LogP contribution in [-0.4, -0.2) is 13.2 Å². The van der Waals surface area contributed by atoms with Crippen LogP contribution in [0.15, 0.2) is 42.5 Å². The van der Waals surface area contributed by atoms with E-state index in [2.05, 4.69) is 0 Å². The second-order valence-corrected chi connectivity index (χ2v) is 5.63. The van der Waals surface area contributed by atoms with Gasteiger partial charge in [0.05, 0.1) is 5.38 Å². The molecule has 0 aromatic heterocycles. The monoisotopic (exact) mass is 308 g/mol. The minimum atomic E-state index is -0.159. The highest BCUT2D eigenvalue weighted by Gasteiger charge is 2.20. The third kappa shape index (κ3) is 2.87. The second kappa shape index (κ2) is 5.94. The minimum absolute atomic E-state index is 0.159. The molecule has 0 bridgehead atoms. The zero-order valence-electron chi connectivity index (χ0n) is 10.8. The lowest BCUT2D eigenvalue weighted by molar-refractivity contribution is 0.170. The van der Waals surface area contributed by atoms with Crippen molar-refractivity contribution in [3.8, 4) is 11.5 Å². The molecule has 2 aromatic rings. The summed E-state index contributed by atoms with van der Waals surface area (Å²) >= 11 is 12.4. The van der Waals surface area contributed by atoms with Crippen molar-refractivity contribution < 1.29 is 9.47 Å². The normalized spacial score (nSPS) is 14.9. The molecule has 1 heterocycles. The lowest BCUT2D eigenvalue weighted by Crippen LogP contribution is -2.17. The van der Waals surface area contributed by atoms with E-state index in [4.69, 9.17) is 32.7 Å². The molecule has 0 amide bonds. The molecule has 0 aliphatic carbocycles. The van der Waals surface area contributed by atoms with Crippen LogP contribution >= 0.6 is 23.2 Å². The van der Waals surface area contributed by atoms with Crippen LogP contribution in [0.5, 0.6) is 11.5 Å². The van der Waals surface area contributed by atoms with E-state index in [0.717, 1.165) is 34.1 Å². The summed E-state index contributed by atoms with van der Waals surface area (Å²) in [6.45, 7) is 1.15. The van der Waals surface area contributed by atoms with Crippen molar-refractivity contribution in [2.45, 2.75) is 11.8 Å². The summed E-state index contributed by atoms with van der Waals surface area (Å²) in [5, 5.41) is 0.571. The van der Waals surface area contributed by atoms with Crippen molar-refractivity contribution in [3.05, 3.63) is 58.6 Å². The maximum Gasteiger partial charge on any atom is 0.166 e. The van der Waals surface area contributed by atoms with E-state index in [-0.39, 0.29) is 5.38 Å². The van der Waals surface area contributed by atoms with Gasteiger partial charge in [-0.3, -0.25) is 0 Å². The molecule has 0 radical (unpaired) electrons. The van der Waals surface area contributed by atoms with Crippen LogP contribution in [0, 0.1) is 0 Å². The molecule has 0 saturated heterocycles. The van der Waals surface area contributed by atoms with Crippen molar-refractivity contribution in [2.75, 3.05) is 13.2 Å². The van der Waals surface area contributed by atoms with Gasteiger partial charge in [-0.25, -0.2) is 0 Å². The smallest absolute Gasteiger partial charge is 0.166 e. The van der Waals surface area contributed by atoms with Crippen LogP contribution in [0.3, 0.4) is 0 Å². The minimum Gasteiger partial charge on any atom is -0.486 e. The Bertz CT molecular complexity index is 596. The van der Waals surface area contributed by atoms with Gasteiger partial charge in [0.25, 0.3) is 0 Å². The van der Waals surface area contributed by atoms with Crippen LogP contribution < -0.4 is 9.47 Å². The number of benzene rings is 2. The van der Waals surface area contributed by atoms with Crippen LogP contribution in [0.4, 0.5) is 0 Å². The molecule has 20 heavy (non-hydrogen) atoms. The fourth-order valence-corrected chi connectivity index (χ4v) is 2.76. The summed E-state index contributed by atoms with van der Waals surface area (Å²) in [4.78, 5) is 0. The van der Waals surface area contributed by atoms with Gasteiger partial charge >= 0.3 is 0 Å². The van der Waals surface area contributed by atoms with Crippen LogP contribution in [0.25, 0.3) is 0 Å². The highest BCUT2D eigenvalue weighted by atomic mass is 35.5.